The largest absolute Gasteiger partial charge is 0.497 e. The van der Waals surface area contributed by atoms with E-state index in [0.29, 0.717) is 28.6 Å². The Balaban J connectivity index is 1.83. The van der Waals surface area contributed by atoms with Crippen LogP contribution >= 0.6 is 0 Å². The van der Waals surface area contributed by atoms with Gasteiger partial charge in [0.2, 0.25) is 5.91 Å². The predicted octanol–water partition coefficient (Wildman–Crippen LogP) is 3.51. The Morgan fingerprint density at radius 1 is 1.14 bits per heavy atom. The molecule has 148 valence electrons. The smallest absolute Gasteiger partial charge is 0.226 e. The predicted molar refractivity (Wildman–Crippen MR) is 108 cm³/mol. The summed E-state index contributed by atoms with van der Waals surface area (Å²) in [5.41, 5.74) is 2.61. The first-order valence-electron chi connectivity index (χ1n) is 9.24. The van der Waals surface area contributed by atoms with E-state index in [9.17, 15) is 9.59 Å². The summed E-state index contributed by atoms with van der Waals surface area (Å²) in [5.74, 6) is 0.438. The number of nitrogens with one attached hydrogen (secondary N) is 1. The summed E-state index contributed by atoms with van der Waals surface area (Å²) in [7, 11) is 3.05. The molecule has 0 spiro atoms. The highest BCUT2D eigenvalue weighted by atomic mass is 16.5. The number of ether oxygens (including phenoxy) is 2. The molecule has 1 aromatic heterocycles. The second-order valence-corrected chi connectivity index (χ2v) is 6.83. The fourth-order valence-electron chi connectivity index (χ4n) is 3.72. The minimum atomic E-state index is -0.655. The Hall–Kier alpha value is -3.61. The molecule has 0 fully saturated rings. The van der Waals surface area contributed by atoms with Crippen molar-refractivity contribution in [3.8, 4) is 17.2 Å². The number of carbonyl (C=O) groups excluding carboxylic acids is 2. The Morgan fingerprint density at radius 2 is 1.90 bits per heavy atom. The van der Waals surface area contributed by atoms with Gasteiger partial charge >= 0.3 is 0 Å². The third-order valence-corrected chi connectivity index (χ3v) is 5.09. The quantitative estimate of drug-likeness (QED) is 0.673. The summed E-state index contributed by atoms with van der Waals surface area (Å²) in [6, 6.07) is 14.6. The van der Waals surface area contributed by atoms with Gasteiger partial charge in [0.1, 0.15) is 17.3 Å². The molecule has 0 saturated carbocycles. The number of Topliss-reactive ketones (excluding diaryl/α,β-unsaturated/α-hetero) is 1. The minimum Gasteiger partial charge on any atom is -0.497 e. The number of ketones is 1. The van der Waals surface area contributed by atoms with E-state index in [2.05, 4.69) is 10.4 Å². The molecular formula is C22H21N3O4. The molecule has 1 N–H and O–H groups in total. The van der Waals surface area contributed by atoms with Crippen LogP contribution in [0, 0.1) is 6.92 Å². The van der Waals surface area contributed by atoms with Gasteiger partial charge in [0, 0.05) is 12.0 Å². The van der Waals surface area contributed by atoms with Crippen molar-refractivity contribution < 1.29 is 19.1 Å². The average Bonchev–Trinajstić information content (AvgIpc) is 3.09. The van der Waals surface area contributed by atoms with Crippen LogP contribution in [-0.2, 0) is 4.79 Å². The van der Waals surface area contributed by atoms with Crippen molar-refractivity contribution in [1.82, 2.24) is 9.78 Å². The molecule has 0 bridgehead atoms. The Kier molecular flexibility index (Phi) is 4.80. The molecule has 0 aliphatic carbocycles. The van der Waals surface area contributed by atoms with Gasteiger partial charge in [0.15, 0.2) is 5.78 Å². The minimum absolute atomic E-state index is 0.0491. The Labute approximate surface area is 168 Å². The molecule has 7 heteroatoms. The van der Waals surface area contributed by atoms with Crippen LogP contribution in [0.2, 0.25) is 0 Å². The van der Waals surface area contributed by atoms with Crippen LogP contribution in [-0.4, -0.2) is 35.7 Å². The van der Waals surface area contributed by atoms with Crippen molar-refractivity contribution in [3.63, 3.8) is 0 Å². The zero-order valence-corrected chi connectivity index (χ0v) is 16.4. The summed E-state index contributed by atoms with van der Waals surface area (Å²) in [6.07, 6.45) is 0.0491. The van der Waals surface area contributed by atoms with E-state index in [1.807, 2.05) is 37.3 Å². The Morgan fingerprint density at radius 3 is 2.59 bits per heavy atom. The highest BCUT2D eigenvalue weighted by molar-refractivity contribution is 6.09. The van der Waals surface area contributed by atoms with E-state index in [-0.39, 0.29) is 18.1 Å². The highest BCUT2D eigenvalue weighted by Crippen LogP contribution is 2.40. The highest BCUT2D eigenvalue weighted by Gasteiger charge is 2.37. The zero-order chi connectivity index (χ0) is 20.5. The maximum atomic E-state index is 13.5. The van der Waals surface area contributed by atoms with E-state index < -0.39 is 5.92 Å². The summed E-state index contributed by atoms with van der Waals surface area (Å²) in [4.78, 5) is 26.0. The SMILES string of the molecule is COc1ccc(OC)c(C(=O)C2CC(=O)Nc3c2c(C)nn3-c2ccccc2)c1. The molecule has 1 unspecified atom stereocenters. The maximum Gasteiger partial charge on any atom is 0.226 e. The van der Waals surface area contributed by atoms with Gasteiger partial charge < -0.3 is 14.8 Å². The Bertz CT molecular complexity index is 1090. The average molecular weight is 391 g/mol. The number of rotatable bonds is 5. The van der Waals surface area contributed by atoms with Crippen LogP contribution in [0.3, 0.4) is 0 Å². The molecule has 2 heterocycles. The number of aryl methyl sites for hydroxylation is 1. The standard InChI is InChI=1S/C22H21N3O4/c1-13-20-17(21(27)16-11-15(28-2)9-10-18(16)29-3)12-19(26)23-22(20)25(24-13)14-7-5-4-6-8-14/h4-11,17H,12H2,1-3H3,(H,23,26). The first-order chi connectivity index (χ1) is 14.0. The van der Waals surface area contributed by atoms with Gasteiger partial charge in [-0.05, 0) is 37.3 Å². The van der Waals surface area contributed by atoms with Gasteiger partial charge in [-0.2, -0.15) is 5.10 Å². The lowest BCUT2D eigenvalue weighted by Crippen LogP contribution is -2.28. The van der Waals surface area contributed by atoms with E-state index in [0.717, 1.165) is 11.3 Å². The first-order valence-corrected chi connectivity index (χ1v) is 9.24. The molecule has 1 aliphatic rings. The van der Waals surface area contributed by atoms with Crippen LogP contribution in [0.4, 0.5) is 5.82 Å². The summed E-state index contributed by atoms with van der Waals surface area (Å²) in [6.45, 7) is 1.85. The van der Waals surface area contributed by atoms with Gasteiger partial charge in [-0.25, -0.2) is 4.68 Å². The molecule has 4 rings (SSSR count). The van der Waals surface area contributed by atoms with Crippen LogP contribution in [0.1, 0.15) is 34.0 Å². The number of hydrogen-bond acceptors (Lipinski definition) is 5. The number of carbonyl (C=O) groups is 2. The number of fused-ring (bicyclic) bond motifs is 1. The second-order valence-electron chi connectivity index (χ2n) is 6.83. The molecule has 1 atom stereocenters. The number of methoxy groups -OCH3 is 2. The van der Waals surface area contributed by atoms with Gasteiger partial charge in [0.05, 0.1) is 37.1 Å². The van der Waals surface area contributed by atoms with Crippen LogP contribution < -0.4 is 14.8 Å². The van der Waals surface area contributed by atoms with E-state index in [1.165, 1.54) is 14.2 Å². The lowest BCUT2D eigenvalue weighted by Gasteiger charge is -2.24. The molecule has 3 aromatic rings. The number of amides is 1. The first kappa shape index (κ1) is 18.7. The molecule has 1 amide bonds. The molecule has 7 nitrogen and oxygen atoms in total. The molecule has 0 saturated heterocycles. The second kappa shape index (κ2) is 7.43. The molecule has 0 radical (unpaired) electrons. The number of hydrogen-bond donors (Lipinski definition) is 1. The van der Waals surface area contributed by atoms with E-state index >= 15 is 0 Å². The lowest BCUT2D eigenvalue weighted by molar-refractivity contribution is -0.116. The van der Waals surface area contributed by atoms with Crippen molar-refractivity contribution in [3.05, 3.63) is 65.4 Å². The van der Waals surface area contributed by atoms with E-state index in [4.69, 9.17) is 9.47 Å². The number of anilines is 1. The summed E-state index contributed by atoms with van der Waals surface area (Å²) < 4.78 is 12.3. The van der Waals surface area contributed by atoms with Gasteiger partial charge in [0.25, 0.3) is 0 Å². The van der Waals surface area contributed by atoms with Crippen molar-refractivity contribution in [1.29, 1.82) is 0 Å². The van der Waals surface area contributed by atoms with Gasteiger partial charge in [-0.15, -0.1) is 0 Å². The summed E-state index contributed by atoms with van der Waals surface area (Å²) in [5, 5.41) is 7.48. The van der Waals surface area contributed by atoms with Gasteiger partial charge in [-0.1, -0.05) is 18.2 Å². The normalized spacial score (nSPS) is 15.4. The maximum absolute atomic E-state index is 13.5. The molecule has 2 aromatic carbocycles. The number of nitrogens with zero attached hydrogens (tertiary/aromatic N) is 2. The van der Waals surface area contributed by atoms with Crippen molar-refractivity contribution in [2.45, 2.75) is 19.3 Å². The third kappa shape index (κ3) is 3.24. The zero-order valence-electron chi connectivity index (χ0n) is 16.4. The number of aromatic nitrogens is 2. The molecule has 29 heavy (non-hydrogen) atoms. The fraction of sp³-hybridized carbons (Fsp3) is 0.227. The van der Waals surface area contributed by atoms with Crippen molar-refractivity contribution in [2.75, 3.05) is 19.5 Å². The number of para-hydroxylation sites is 1. The van der Waals surface area contributed by atoms with Crippen LogP contribution in [0.25, 0.3) is 5.69 Å². The van der Waals surface area contributed by atoms with Crippen molar-refractivity contribution in [2.24, 2.45) is 0 Å². The monoisotopic (exact) mass is 391 g/mol. The van der Waals surface area contributed by atoms with E-state index in [1.54, 1.807) is 22.9 Å². The van der Waals surface area contributed by atoms with Gasteiger partial charge in [-0.3, -0.25) is 9.59 Å². The lowest BCUT2D eigenvalue weighted by atomic mass is 9.85. The molecule has 1 aliphatic heterocycles. The third-order valence-electron chi connectivity index (χ3n) is 5.09. The molecular weight excluding hydrogens is 370 g/mol. The number of benzene rings is 2. The fourth-order valence-corrected chi connectivity index (χ4v) is 3.72. The van der Waals surface area contributed by atoms with Crippen LogP contribution in [0.15, 0.2) is 48.5 Å². The van der Waals surface area contributed by atoms with Crippen LogP contribution in [0.5, 0.6) is 11.5 Å². The summed E-state index contributed by atoms with van der Waals surface area (Å²) >= 11 is 0. The van der Waals surface area contributed by atoms with Crippen molar-refractivity contribution >= 4 is 17.5 Å². The topological polar surface area (TPSA) is 82.4 Å².